The molecule has 3 fully saturated rings. The fourth-order valence-corrected chi connectivity index (χ4v) is 7.13. The summed E-state index contributed by atoms with van der Waals surface area (Å²) in [4.78, 5) is 34.3. The first kappa shape index (κ1) is 37.7. The SMILES string of the molecule is COc1ccc([C@H](Cc2c(Cl)c[nH+]cc2Cl)OC(=O)c2ccc(CN(C(=O)O[C@H]3CN4CCC3CC4)c3ccccc3OC)cc2)cc1OC.[OH-]. The number of nitrogens with zero attached hydrogens (tertiary/aromatic N) is 2. The fourth-order valence-electron chi connectivity index (χ4n) is 6.60. The largest absolute Gasteiger partial charge is 0.870 e. The zero-order valence-electron chi connectivity index (χ0n) is 28.6. The van der Waals surface area contributed by atoms with Gasteiger partial charge in [-0.15, -0.1) is 0 Å². The smallest absolute Gasteiger partial charge is 0.415 e. The number of rotatable bonds is 12. The predicted molar refractivity (Wildman–Crippen MR) is 191 cm³/mol. The van der Waals surface area contributed by atoms with Crippen LogP contribution in [0.1, 0.15) is 46.0 Å². The number of pyridine rings is 1. The van der Waals surface area contributed by atoms with Gasteiger partial charge in [0.05, 0.1) is 39.1 Å². The number of ether oxygens (including phenoxy) is 5. The number of aromatic nitrogens is 1. The van der Waals surface area contributed by atoms with E-state index in [2.05, 4.69) is 9.88 Å². The van der Waals surface area contributed by atoms with E-state index in [1.54, 1.807) is 74.0 Å². The lowest BCUT2D eigenvalue weighted by atomic mass is 9.86. The van der Waals surface area contributed by atoms with E-state index >= 15 is 0 Å². The van der Waals surface area contributed by atoms with Crippen LogP contribution in [0.25, 0.3) is 0 Å². The number of hydrogen-bond donors (Lipinski definition) is 0. The maximum absolute atomic E-state index is 13.8. The summed E-state index contributed by atoms with van der Waals surface area (Å²) >= 11 is 13.0. The van der Waals surface area contributed by atoms with Crippen LogP contribution >= 0.6 is 23.2 Å². The van der Waals surface area contributed by atoms with E-state index in [0.717, 1.165) is 38.0 Å². The molecule has 0 radical (unpaired) electrons. The van der Waals surface area contributed by atoms with E-state index in [-0.39, 0.29) is 24.5 Å². The molecule has 2 atom stereocenters. The number of amides is 1. The second-order valence-corrected chi connectivity index (χ2v) is 13.2. The molecule has 0 unspecified atom stereocenters. The van der Waals surface area contributed by atoms with Gasteiger partial charge in [-0.1, -0.05) is 53.5 Å². The second kappa shape index (κ2) is 17.1. The third-order valence-electron chi connectivity index (χ3n) is 9.39. The van der Waals surface area contributed by atoms with Crippen molar-refractivity contribution in [1.82, 2.24) is 4.90 Å². The van der Waals surface area contributed by atoms with Crippen molar-refractivity contribution in [3.05, 3.63) is 111 Å². The monoisotopic (exact) mass is 737 g/mol. The molecular formula is C38H41Cl2N3O8. The molecule has 13 heteroatoms. The lowest BCUT2D eigenvalue weighted by Crippen LogP contribution is -2.53. The van der Waals surface area contributed by atoms with Gasteiger partial charge in [0.2, 0.25) is 0 Å². The Hall–Kier alpha value is -4.55. The topological polar surface area (TPSA) is 131 Å². The summed E-state index contributed by atoms with van der Waals surface area (Å²) in [6, 6.07) is 19.6. The van der Waals surface area contributed by atoms with Crippen LogP contribution < -0.4 is 24.1 Å². The molecule has 7 rings (SSSR count). The minimum Gasteiger partial charge on any atom is -0.870 e. The number of hydrogen-bond acceptors (Lipinski definition) is 9. The number of anilines is 1. The van der Waals surface area contributed by atoms with Gasteiger partial charge in [0.25, 0.3) is 0 Å². The number of nitrogens with one attached hydrogen (secondary N) is 1. The lowest BCUT2D eigenvalue weighted by molar-refractivity contribution is -0.377. The molecule has 0 spiro atoms. The number of esters is 1. The molecule has 3 aliphatic rings. The van der Waals surface area contributed by atoms with Crippen LogP contribution in [0.3, 0.4) is 0 Å². The highest BCUT2D eigenvalue weighted by molar-refractivity contribution is 6.35. The van der Waals surface area contributed by atoms with Crippen LogP contribution in [0.4, 0.5) is 10.5 Å². The quantitative estimate of drug-likeness (QED) is 0.141. The predicted octanol–water partition coefficient (Wildman–Crippen LogP) is 7.03. The van der Waals surface area contributed by atoms with Crippen molar-refractivity contribution in [2.45, 2.75) is 38.0 Å². The van der Waals surface area contributed by atoms with E-state index in [1.807, 2.05) is 24.3 Å². The molecule has 0 aliphatic carbocycles. The molecular weight excluding hydrogens is 697 g/mol. The van der Waals surface area contributed by atoms with E-state index in [9.17, 15) is 9.59 Å². The molecule has 4 aromatic rings. The molecule has 3 aromatic carbocycles. The summed E-state index contributed by atoms with van der Waals surface area (Å²) in [5.74, 6) is 1.40. The second-order valence-electron chi connectivity index (χ2n) is 12.4. The molecule has 1 amide bonds. The fraction of sp³-hybridized carbons (Fsp3) is 0.342. The van der Waals surface area contributed by atoms with Gasteiger partial charge in [0.1, 0.15) is 28.0 Å². The van der Waals surface area contributed by atoms with Gasteiger partial charge in [0.15, 0.2) is 23.9 Å². The highest BCUT2D eigenvalue weighted by atomic mass is 35.5. The summed E-state index contributed by atoms with van der Waals surface area (Å²) in [7, 11) is 4.66. The van der Waals surface area contributed by atoms with Crippen molar-refractivity contribution in [2.24, 2.45) is 5.92 Å². The molecule has 4 heterocycles. The van der Waals surface area contributed by atoms with Gasteiger partial charge < -0.3 is 29.2 Å². The summed E-state index contributed by atoms with van der Waals surface area (Å²) in [5.41, 5.74) is 3.00. The number of H-pyrrole nitrogens is 1. The van der Waals surface area contributed by atoms with Gasteiger partial charge in [0, 0.05) is 18.5 Å². The standard InChI is InChI=1S/C38H39Cl2N3O7.H2O/c1-46-32-7-5-4-6-31(32)43(38(45)50-36-23-42-16-14-25(36)15-17-42)22-24-8-10-26(11-9-24)37(44)49-34(19-28-29(39)20-41-21-30(28)40)27-12-13-33(47-2)35(18-27)48-3;/h4-13,18,20-21,25,34,36H,14-17,19,22-23H2,1-3H3;1H2/t34-,36-;/m0./s1. The van der Waals surface area contributed by atoms with Gasteiger partial charge in [-0.2, -0.15) is 0 Å². The van der Waals surface area contributed by atoms with Crippen LogP contribution in [-0.4, -0.2) is 69.5 Å². The number of carbonyl (C=O) groups excluding carboxylic acids is 2. The number of benzene rings is 3. The maximum Gasteiger partial charge on any atom is 0.415 e. The average Bonchev–Trinajstić information content (AvgIpc) is 3.15. The summed E-state index contributed by atoms with van der Waals surface area (Å²) < 4.78 is 28.8. The molecule has 0 saturated carbocycles. The van der Waals surface area contributed by atoms with Crippen molar-refractivity contribution < 1.29 is 43.7 Å². The average molecular weight is 739 g/mol. The van der Waals surface area contributed by atoms with Gasteiger partial charge >= 0.3 is 12.1 Å². The minimum atomic E-state index is -0.762. The van der Waals surface area contributed by atoms with Crippen molar-refractivity contribution in [3.8, 4) is 17.2 Å². The molecule has 2 N–H and O–H groups in total. The molecule has 11 nitrogen and oxygen atoms in total. The summed E-state index contributed by atoms with van der Waals surface area (Å²) in [6.45, 7) is 3.04. The number of aromatic amines is 1. The van der Waals surface area contributed by atoms with Crippen LogP contribution in [-0.2, 0) is 22.4 Å². The van der Waals surface area contributed by atoms with E-state index in [4.69, 9.17) is 46.9 Å². The molecule has 51 heavy (non-hydrogen) atoms. The molecule has 270 valence electrons. The number of para-hydroxylation sites is 2. The first-order valence-corrected chi connectivity index (χ1v) is 17.2. The number of fused-ring (bicyclic) bond motifs is 3. The number of carbonyl (C=O) groups is 2. The molecule has 3 aliphatic heterocycles. The number of halogens is 2. The Bertz CT molecular complexity index is 1800. The van der Waals surface area contributed by atoms with Crippen LogP contribution in [0.2, 0.25) is 10.0 Å². The van der Waals surface area contributed by atoms with Crippen molar-refractivity contribution in [1.29, 1.82) is 0 Å². The first-order valence-electron chi connectivity index (χ1n) is 16.5. The Morgan fingerprint density at radius 2 is 1.55 bits per heavy atom. The normalized spacial score (nSPS) is 18.2. The van der Waals surface area contributed by atoms with Gasteiger partial charge in [-0.3, -0.25) is 9.80 Å². The third kappa shape index (κ3) is 8.68. The lowest BCUT2D eigenvalue weighted by Gasteiger charge is -2.44. The first-order chi connectivity index (χ1) is 24.3. The Morgan fingerprint density at radius 1 is 0.882 bits per heavy atom. The highest BCUT2D eigenvalue weighted by Gasteiger charge is 2.38. The van der Waals surface area contributed by atoms with Gasteiger partial charge in [-0.25, -0.2) is 14.6 Å². The Morgan fingerprint density at radius 3 is 2.18 bits per heavy atom. The summed E-state index contributed by atoms with van der Waals surface area (Å²) in [6.07, 6.45) is 4.15. The Balaban J connectivity index is 0.00000504. The number of piperidine rings is 3. The zero-order valence-corrected chi connectivity index (χ0v) is 30.2. The van der Waals surface area contributed by atoms with Crippen LogP contribution in [0.15, 0.2) is 79.1 Å². The Labute approximate surface area is 307 Å². The molecule has 2 bridgehead atoms. The maximum atomic E-state index is 13.8. The molecule has 3 saturated heterocycles. The van der Waals surface area contributed by atoms with Crippen molar-refractivity contribution in [3.63, 3.8) is 0 Å². The highest BCUT2D eigenvalue weighted by Crippen LogP contribution is 2.36. The van der Waals surface area contributed by atoms with E-state index in [0.29, 0.717) is 55.6 Å². The van der Waals surface area contributed by atoms with E-state index in [1.165, 1.54) is 7.11 Å². The zero-order chi connectivity index (χ0) is 35.2. The third-order valence-corrected chi connectivity index (χ3v) is 10.1. The minimum absolute atomic E-state index is 0. The Kier molecular flexibility index (Phi) is 12.6. The summed E-state index contributed by atoms with van der Waals surface area (Å²) in [5, 5.41) is 0.824. The van der Waals surface area contributed by atoms with E-state index < -0.39 is 18.2 Å². The van der Waals surface area contributed by atoms with Gasteiger partial charge in [-0.05, 0) is 79.4 Å². The van der Waals surface area contributed by atoms with Crippen molar-refractivity contribution >= 4 is 41.0 Å². The number of methoxy groups -OCH3 is 3. The van der Waals surface area contributed by atoms with Crippen LogP contribution in [0, 0.1) is 5.92 Å². The van der Waals surface area contributed by atoms with Crippen molar-refractivity contribution in [2.75, 3.05) is 45.9 Å². The molecule has 1 aromatic heterocycles. The van der Waals surface area contributed by atoms with Crippen LogP contribution in [0.5, 0.6) is 17.2 Å².